The zero-order valence-corrected chi connectivity index (χ0v) is 10.5. The summed E-state index contributed by atoms with van der Waals surface area (Å²) in [6.07, 6.45) is 0.411. The summed E-state index contributed by atoms with van der Waals surface area (Å²) in [4.78, 5) is 15.6. The summed E-state index contributed by atoms with van der Waals surface area (Å²) in [5.41, 5.74) is 7.38. The van der Waals surface area contributed by atoms with Gasteiger partial charge in [0, 0.05) is 12.2 Å². The highest BCUT2D eigenvalue weighted by Crippen LogP contribution is 2.14. The van der Waals surface area contributed by atoms with Crippen LogP contribution in [0.3, 0.4) is 0 Å². The third-order valence-corrected chi connectivity index (χ3v) is 2.73. The number of aliphatic hydroxyl groups is 1. The van der Waals surface area contributed by atoms with Gasteiger partial charge >= 0.3 is 0 Å². The summed E-state index contributed by atoms with van der Waals surface area (Å²) in [5.74, 6) is -0.242. The Balaban J connectivity index is 1.94. The number of hydrogen-bond donors (Lipinski definition) is 3. The number of oxazole rings is 1. The Morgan fingerprint density at radius 3 is 2.74 bits per heavy atom. The number of aliphatic hydroxyl groups excluding tert-OH is 1. The summed E-state index contributed by atoms with van der Waals surface area (Å²) in [6, 6.07) is 6.82. The summed E-state index contributed by atoms with van der Waals surface area (Å²) in [7, 11) is 0. The van der Waals surface area contributed by atoms with E-state index in [9.17, 15) is 9.90 Å². The number of nitrogen functional groups attached to an aromatic ring is 1. The molecule has 0 spiro atoms. The highest BCUT2D eigenvalue weighted by Gasteiger charge is 2.15. The quantitative estimate of drug-likeness (QED) is 0.713. The minimum Gasteiger partial charge on any atom is -0.438 e. The van der Waals surface area contributed by atoms with Crippen LogP contribution in [0.25, 0.3) is 0 Å². The van der Waals surface area contributed by atoms with Gasteiger partial charge in [-0.25, -0.2) is 4.98 Å². The second-order valence-electron chi connectivity index (χ2n) is 4.16. The molecule has 0 fully saturated rings. The molecule has 0 bridgehead atoms. The molecule has 1 atom stereocenters. The predicted octanol–water partition coefficient (Wildman–Crippen LogP) is 1.03. The van der Waals surface area contributed by atoms with Crippen molar-refractivity contribution < 1.29 is 14.3 Å². The van der Waals surface area contributed by atoms with Crippen LogP contribution >= 0.6 is 0 Å². The van der Waals surface area contributed by atoms with Crippen LogP contribution in [0.5, 0.6) is 0 Å². The number of anilines is 1. The van der Waals surface area contributed by atoms with Crippen LogP contribution in [0.2, 0.25) is 0 Å². The molecular weight excluding hydrogens is 246 g/mol. The Labute approximate surface area is 110 Å². The van der Waals surface area contributed by atoms with Crippen molar-refractivity contribution in [3.05, 3.63) is 47.7 Å². The molecule has 4 N–H and O–H groups in total. The Bertz CT molecular complexity index is 563. The lowest BCUT2D eigenvalue weighted by molar-refractivity contribution is 0.0888. The van der Waals surface area contributed by atoms with Gasteiger partial charge in [-0.1, -0.05) is 12.1 Å². The number of aromatic nitrogens is 1. The number of rotatable bonds is 4. The lowest BCUT2D eigenvalue weighted by Crippen LogP contribution is -2.28. The molecule has 0 aliphatic carbocycles. The van der Waals surface area contributed by atoms with E-state index < -0.39 is 12.0 Å². The van der Waals surface area contributed by atoms with Gasteiger partial charge < -0.3 is 20.6 Å². The van der Waals surface area contributed by atoms with E-state index in [-0.39, 0.29) is 12.3 Å². The molecule has 1 unspecified atom stereocenters. The van der Waals surface area contributed by atoms with Crippen LogP contribution in [0.15, 0.2) is 35.1 Å². The molecule has 2 aromatic rings. The summed E-state index contributed by atoms with van der Waals surface area (Å²) < 4.78 is 4.96. The number of carbonyl (C=O) groups excluding carboxylic acids is 1. The van der Waals surface area contributed by atoms with Crippen LogP contribution in [0.1, 0.15) is 27.9 Å². The number of carbonyl (C=O) groups is 1. The van der Waals surface area contributed by atoms with Gasteiger partial charge in [0.1, 0.15) is 0 Å². The monoisotopic (exact) mass is 261 g/mol. The van der Waals surface area contributed by atoms with Gasteiger partial charge in [0.05, 0.1) is 11.8 Å². The second kappa shape index (κ2) is 5.53. The summed E-state index contributed by atoms with van der Waals surface area (Å²) in [6.45, 7) is 1.76. The van der Waals surface area contributed by atoms with Crippen LogP contribution in [0.4, 0.5) is 5.69 Å². The van der Waals surface area contributed by atoms with E-state index in [1.54, 1.807) is 31.2 Å². The largest absolute Gasteiger partial charge is 0.438 e. The van der Waals surface area contributed by atoms with E-state index in [2.05, 4.69) is 10.3 Å². The van der Waals surface area contributed by atoms with E-state index >= 15 is 0 Å². The number of hydrogen-bond acceptors (Lipinski definition) is 5. The minimum absolute atomic E-state index is 0.0862. The molecule has 1 heterocycles. The van der Waals surface area contributed by atoms with Crippen LogP contribution in [-0.2, 0) is 0 Å². The fourth-order valence-electron chi connectivity index (χ4n) is 1.63. The van der Waals surface area contributed by atoms with Gasteiger partial charge in [0.25, 0.3) is 5.91 Å². The first-order chi connectivity index (χ1) is 9.08. The van der Waals surface area contributed by atoms with Crippen molar-refractivity contribution in [2.75, 3.05) is 12.3 Å². The van der Waals surface area contributed by atoms with E-state index in [0.717, 1.165) is 0 Å². The first kappa shape index (κ1) is 13.1. The van der Waals surface area contributed by atoms with E-state index in [1.807, 2.05) is 0 Å². The SMILES string of the molecule is Cc1ncoc1C(=O)NCC(O)c1ccc(N)cc1. The molecule has 1 amide bonds. The Hall–Kier alpha value is -2.34. The fraction of sp³-hybridized carbons (Fsp3) is 0.231. The molecule has 2 rings (SSSR count). The van der Waals surface area contributed by atoms with Gasteiger partial charge in [-0.2, -0.15) is 0 Å². The Morgan fingerprint density at radius 1 is 1.47 bits per heavy atom. The fourth-order valence-corrected chi connectivity index (χ4v) is 1.63. The number of nitrogens with one attached hydrogen (secondary N) is 1. The van der Waals surface area contributed by atoms with Gasteiger partial charge in [0.2, 0.25) is 5.76 Å². The smallest absolute Gasteiger partial charge is 0.289 e. The van der Waals surface area contributed by atoms with Gasteiger partial charge in [-0.3, -0.25) is 4.79 Å². The van der Waals surface area contributed by atoms with E-state index in [4.69, 9.17) is 10.2 Å². The maximum atomic E-state index is 11.7. The first-order valence-electron chi connectivity index (χ1n) is 5.79. The third-order valence-electron chi connectivity index (χ3n) is 2.73. The summed E-state index contributed by atoms with van der Waals surface area (Å²) in [5, 5.41) is 12.5. The predicted molar refractivity (Wildman–Crippen MR) is 69.4 cm³/mol. The topological polar surface area (TPSA) is 101 Å². The van der Waals surface area contributed by atoms with Crippen molar-refractivity contribution in [1.82, 2.24) is 10.3 Å². The highest BCUT2D eigenvalue weighted by atomic mass is 16.3. The molecule has 0 aliphatic rings. The lowest BCUT2D eigenvalue weighted by Gasteiger charge is -2.11. The number of benzene rings is 1. The van der Waals surface area contributed by atoms with Crippen LogP contribution < -0.4 is 11.1 Å². The number of nitrogens with zero attached hydrogens (tertiary/aromatic N) is 1. The Kier molecular flexibility index (Phi) is 3.82. The zero-order chi connectivity index (χ0) is 13.8. The maximum Gasteiger partial charge on any atom is 0.289 e. The lowest BCUT2D eigenvalue weighted by atomic mass is 10.1. The van der Waals surface area contributed by atoms with E-state index in [0.29, 0.717) is 16.9 Å². The van der Waals surface area contributed by atoms with Crippen molar-refractivity contribution in [3.8, 4) is 0 Å². The number of aryl methyl sites for hydroxylation is 1. The van der Waals surface area contributed by atoms with Crippen molar-refractivity contribution in [1.29, 1.82) is 0 Å². The average molecular weight is 261 g/mol. The molecule has 6 heteroatoms. The third kappa shape index (κ3) is 3.11. The normalized spacial score (nSPS) is 12.1. The second-order valence-corrected chi connectivity index (χ2v) is 4.16. The molecule has 1 aromatic heterocycles. The van der Waals surface area contributed by atoms with Crippen LogP contribution in [0, 0.1) is 6.92 Å². The molecule has 1 aromatic carbocycles. The maximum absolute atomic E-state index is 11.7. The summed E-state index contributed by atoms with van der Waals surface area (Å²) >= 11 is 0. The van der Waals surface area contributed by atoms with Gasteiger partial charge in [-0.05, 0) is 24.6 Å². The molecular formula is C13H15N3O3. The molecule has 6 nitrogen and oxygen atoms in total. The van der Waals surface area contributed by atoms with Gasteiger partial charge in [-0.15, -0.1) is 0 Å². The zero-order valence-electron chi connectivity index (χ0n) is 10.5. The minimum atomic E-state index is -0.798. The van der Waals surface area contributed by atoms with Crippen LogP contribution in [-0.4, -0.2) is 22.5 Å². The molecule has 100 valence electrons. The van der Waals surface area contributed by atoms with Crippen molar-refractivity contribution in [2.45, 2.75) is 13.0 Å². The Morgan fingerprint density at radius 2 is 2.16 bits per heavy atom. The molecule has 0 saturated heterocycles. The average Bonchev–Trinajstić information content (AvgIpc) is 2.83. The van der Waals surface area contributed by atoms with Crippen molar-refractivity contribution in [2.24, 2.45) is 0 Å². The van der Waals surface area contributed by atoms with Crippen molar-refractivity contribution >= 4 is 11.6 Å². The molecule has 19 heavy (non-hydrogen) atoms. The number of nitrogens with two attached hydrogens (primary N) is 1. The van der Waals surface area contributed by atoms with E-state index in [1.165, 1.54) is 6.39 Å². The number of amides is 1. The van der Waals surface area contributed by atoms with Crippen molar-refractivity contribution in [3.63, 3.8) is 0 Å². The molecule has 0 saturated carbocycles. The standard InChI is InChI=1S/C13H15N3O3/c1-8-12(19-7-16-8)13(18)15-6-11(17)9-2-4-10(14)5-3-9/h2-5,7,11,17H,6,14H2,1H3,(H,15,18). The van der Waals surface area contributed by atoms with Gasteiger partial charge in [0.15, 0.2) is 6.39 Å². The highest BCUT2D eigenvalue weighted by molar-refractivity contribution is 5.92. The first-order valence-corrected chi connectivity index (χ1v) is 5.79. The molecule has 0 aliphatic heterocycles. The molecule has 0 radical (unpaired) electrons.